The van der Waals surface area contributed by atoms with Gasteiger partial charge in [-0.1, -0.05) is 25.1 Å². The molecular weight excluding hydrogens is 146 g/mol. The van der Waals surface area contributed by atoms with Crippen molar-refractivity contribution in [2.45, 2.75) is 32.2 Å². The lowest BCUT2D eigenvalue weighted by atomic mass is 10.00. The number of fused-ring (bicyclic) bond motifs is 1. The fraction of sp³-hybridized carbons (Fsp3) is 0.455. The van der Waals surface area contributed by atoms with E-state index in [-0.39, 0.29) is 0 Å². The molecule has 0 saturated carbocycles. The zero-order chi connectivity index (χ0) is 8.55. The summed E-state index contributed by atoms with van der Waals surface area (Å²) in [5.41, 5.74) is 10.4. The van der Waals surface area contributed by atoms with Crippen LogP contribution in [0.25, 0.3) is 0 Å². The quantitative estimate of drug-likeness (QED) is 0.671. The zero-order valence-corrected chi connectivity index (χ0v) is 7.51. The summed E-state index contributed by atoms with van der Waals surface area (Å²) in [4.78, 5) is 0. The van der Waals surface area contributed by atoms with E-state index in [4.69, 9.17) is 5.73 Å². The molecule has 2 rings (SSSR count). The normalized spacial score (nSPS) is 21.0. The summed E-state index contributed by atoms with van der Waals surface area (Å²) in [5.74, 6) is 0. The second kappa shape index (κ2) is 2.91. The zero-order valence-electron chi connectivity index (χ0n) is 7.51. The Hall–Kier alpha value is -0.820. The van der Waals surface area contributed by atoms with E-state index in [2.05, 4.69) is 25.1 Å². The summed E-state index contributed by atoms with van der Waals surface area (Å²) in [5, 5.41) is 0. The highest BCUT2D eigenvalue weighted by molar-refractivity contribution is 5.40. The van der Waals surface area contributed by atoms with Crippen LogP contribution in [0.15, 0.2) is 18.2 Å². The Morgan fingerprint density at radius 2 is 2.33 bits per heavy atom. The first-order chi connectivity index (χ1) is 5.83. The number of hydrogen-bond acceptors (Lipinski definition) is 1. The predicted octanol–water partition coefficient (Wildman–Crippen LogP) is 2.20. The lowest BCUT2D eigenvalue weighted by molar-refractivity contribution is 0.707. The van der Waals surface area contributed by atoms with Crippen molar-refractivity contribution in [1.29, 1.82) is 0 Å². The van der Waals surface area contributed by atoms with Crippen molar-refractivity contribution in [2.75, 3.05) is 0 Å². The smallest absolute Gasteiger partial charge is 0.0303 e. The molecule has 64 valence electrons. The van der Waals surface area contributed by atoms with E-state index in [1.165, 1.54) is 23.1 Å². The molecule has 0 radical (unpaired) electrons. The molecule has 1 aromatic carbocycles. The molecule has 0 fully saturated rings. The van der Waals surface area contributed by atoms with Gasteiger partial charge in [0.25, 0.3) is 0 Å². The van der Waals surface area contributed by atoms with Crippen LogP contribution in [-0.2, 0) is 12.8 Å². The van der Waals surface area contributed by atoms with Crippen molar-refractivity contribution >= 4 is 0 Å². The second-order valence-electron chi connectivity index (χ2n) is 3.49. The van der Waals surface area contributed by atoms with E-state index in [0.29, 0.717) is 6.04 Å². The Bertz CT molecular complexity index is 291. The van der Waals surface area contributed by atoms with Crippen molar-refractivity contribution in [3.8, 4) is 0 Å². The number of hydrogen-bond donors (Lipinski definition) is 1. The minimum atomic E-state index is 0.302. The molecular formula is C11H15N. The molecule has 0 spiro atoms. The number of rotatable bonds is 1. The molecule has 12 heavy (non-hydrogen) atoms. The summed E-state index contributed by atoms with van der Waals surface area (Å²) in [6, 6.07) is 6.86. The van der Waals surface area contributed by atoms with Crippen LogP contribution in [0.5, 0.6) is 0 Å². The van der Waals surface area contributed by atoms with Crippen LogP contribution in [-0.4, -0.2) is 0 Å². The average molecular weight is 161 g/mol. The Balaban J connectivity index is 2.53. The third-order valence-electron chi connectivity index (χ3n) is 2.76. The van der Waals surface area contributed by atoms with Crippen LogP contribution in [0.4, 0.5) is 0 Å². The van der Waals surface area contributed by atoms with Gasteiger partial charge in [0.2, 0.25) is 0 Å². The van der Waals surface area contributed by atoms with Crippen LogP contribution in [0, 0.1) is 0 Å². The highest BCUT2D eigenvalue weighted by Crippen LogP contribution is 2.31. The van der Waals surface area contributed by atoms with Crippen molar-refractivity contribution in [3.05, 3.63) is 34.9 Å². The SMILES string of the molecule is CCc1cccc2c1[C@@H](N)CC2. The average Bonchev–Trinajstić information content (AvgIpc) is 2.48. The van der Waals surface area contributed by atoms with Gasteiger partial charge in [-0.05, 0) is 36.0 Å². The van der Waals surface area contributed by atoms with Crippen LogP contribution >= 0.6 is 0 Å². The molecule has 0 unspecified atom stereocenters. The summed E-state index contributed by atoms with van der Waals surface area (Å²) in [7, 11) is 0. The highest BCUT2D eigenvalue weighted by atomic mass is 14.6. The van der Waals surface area contributed by atoms with Crippen molar-refractivity contribution < 1.29 is 0 Å². The van der Waals surface area contributed by atoms with Gasteiger partial charge in [-0.3, -0.25) is 0 Å². The lowest BCUT2D eigenvalue weighted by Crippen LogP contribution is -2.07. The van der Waals surface area contributed by atoms with E-state index in [0.717, 1.165) is 12.8 Å². The number of nitrogens with two attached hydrogens (primary N) is 1. The first-order valence-corrected chi connectivity index (χ1v) is 4.69. The third kappa shape index (κ3) is 1.05. The highest BCUT2D eigenvalue weighted by Gasteiger charge is 2.20. The minimum Gasteiger partial charge on any atom is -0.324 e. The van der Waals surface area contributed by atoms with E-state index in [1.54, 1.807) is 0 Å². The summed E-state index contributed by atoms with van der Waals surface area (Å²) in [6.07, 6.45) is 3.41. The molecule has 0 aliphatic heterocycles. The van der Waals surface area contributed by atoms with Gasteiger partial charge in [-0.15, -0.1) is 0 Å². The topological polar surface area (TPSA) is 26.0 Å². The van der Waals surface area contributed by atoms with Crippen LogP contribution < -0.4 is 5.73 Å². The Morgan fingerprint density at radius 3 is 3.08 bits per heavy atom. The Labute approximate surface area is 73.6 Å². The monoisotopic (exact) mass is 161 g/mol. The largest absolute Gasteiger partial charge is 0.324 e. The maximum Gasteiger partial charge on any atom is 0.0303 e. The molecule has 0 aromatic heterocycles. The predicted molar refractivity (Wildman–Crippen MR) is 51.1 cm³/mol. The van der Waals surface area contributed by atoms with Gasteiger partial charge in [0.1, 0.15) is 0 Å². The van der Waals surface area contributed by atoms with Gasteiger partial charge < -0.3 is 5.73 Å². The van der Waals surface area contributed by atoms with Gasteiger partial charge in [-0.25, -0.2) is 0 Å². The van der Waals surface area contributed by atoms with Crippen LogP contribution in [0.3, 0.4) is 0 Å². The van der Waals surface area contributed by atoms with E-state index in [9.17, 15) is 0 Å². The Kier molecular flexibility index (Phi) is 1.89. The Morgan fingerprint density at radius 1 is 1.50 bits per heavy atom. The van der Waals surface area contributed by atoms with Crippen molar-refractivity contribution in [3.63, 3.8) is 0 Å². The first kappa shape index (κ1) is 7.81. The molecule has 1 aromatic rings. The van der Waals surface area contributed by atoms with Gasteiger partial charge in [0.05, 0.1) is 0 Å². The molecule has 1 aliphatic rings. The second-order valence-corrected chi connectivity index (χ2v) is 3.49. The maximum absolute atomic E-state index is 6.02. The van der Waals surface area contributed by atoms with Gasteiger partial charge in [-0.2, -0.15) is 0 Å². The molecule has 1 aliphatic carbocycles. The maximum atomic E-state index is 6.02. The minimum absolute atomic E-state index is 0.302. The lowest BCUT2D eigenvalue weighted by Gasteiger charge is -2.09. The summed E-state index contributed by atoms with van der Waals surface area (Å²) >= 11 is 0. The molecule has 0 saturated heterocycles. The molecule has 1 atom stereocenters. The van der Waals surface area contributed by atoms with Crippen LogP contribution in [0.2, 0.25) is 0 Å². The van der Waals surface area contributed by atoms with Crippen molar-refractivity contribution in [2.24, 2.45) is 5.73 Å². The third-order valence-corrected chi connectivity index (χ3v) is 2.76. The van der Waals surface area contributed by atoms with Gasteiger partial charge in [0.15, 0.2) is 0 Å². The summed E-state index contributed by atoms with van der Waals surface area (Å²) < 4.78 is 0. The molecule has 0 heterocycles. The molecule has 1 nitrogen and oxygen atoms in total. The fourth-order valence-electron chi connectivity index (χ4n) is 2.12. The standard InChI is InChI=1S/C11H15N/c1-2-8-4-3-5-9-6-7-10(12)11(8)9/h3-5,10H,2,6-7,12H2,1H3/t10-/m0/s1. The van der Waals surface area contributed by atoms with Crippen LogP contribution in [0.1, 0.15) is 36.1 Å². The molecule has 0 bridgehead atoms. The van der Waals surface area contributed by atoms with Gasteiger partial charge >= 0.3 is 0 Å². The van der Waals surface area contributed by atoms with Gasteiger partial charge in [0, 0.05) is 6.04 Å². The fourth-order valence-corrected chi connectivity index (χ4v) is 2.12. The van der Waals surface area contributed by atoms with E-state index < -0.39 is 0 Å². The van der Waals surface area contributed by atoms with Crippen molar-refractivity contribution in [1.82, 2.24) is 0 Å². The van der Waals surface area contributed by atoms with E-state index in [1.807, 2.05) is 0 Å². The number of benzene rings is 1. The molecule has 0 amide bonds. The molecule has 1 heteroatoms. The number of aryl methyl sites for hydroxylation is 2. The van der Waals surface area contributed by atoms with E-state index >= 15 is 0 Å². The molecule has 2 N–H and O–H groups in total. The summed E-state index contributed by atoms with van der Waals surface area (Å²) in [6.45, 7) is 2.20. The first-order valence-electron chi connectivity index (χ1n) is 4.69.